The molecule has 0 aliphatic rings. The number of nitrogens with zero attached hydrogens (tertiary/aromatic N) is 1. The Bertz CT molecular complexity index is 585. The molecule has 0 bridgehead atoms. The molecular weight excluding hydrogens is 258 g/mol. The van der Waals surface area contributed by atoms with Gasteiger partial charge < -0.3 is 0 Å². The molecule has 88 valence electrons. The van der Waals surface area contributed by atoms with Crippen LogP contribution in [0.2, 0.25) is 0 Å². The second kappa shape index (κ2) is 6.34. The van der Waals surface area contributed by atoms with Crippen molar-refractivity contribution in [1.29, 1.82) is 5.26 Å². The van der Waals surface area contributed by atoms with Gasteiger partial charge in [-0.3, -0.25) is 0 Å². The molecule has 0 radical (unpaired) electrons. The lowest BCUT2D eigenvalue weighted by atomic mass is 10.1. The van der Waals surface area contributed by atoms with Gasteiger partial charge in [-0.25, -0.2) is 0 Å². The number of rotatable bonds is 3. The summed E-state index contributed by atoms with van der Waals surface area (Å²) in [6, 6.07) is 19.8. The SMILES string of the molecule is N#Cc1ccccc1CSC(=S)c1ccccc1. The molecular formula is C15H11NS2. The van der Waals surface area contributed by atoms with E-state index >= 15 is 0 Å². The van der Waals surface area contributed by atoms with Crippen molar-refractivity contribution in [2.45, 2.75) is 5.75 Å². The lowest BCUT2D eigenvalue weighted by Crippen LogP contribution is -1.93. The van der Waals surface area contributed by atoms with Crippen molar-refractivity contribution in [3.63, 3.8) is 0 Å². The van der Waals surface area contributed by atoms with E-state index in [1.807, 2.05) is 54.6 Å². The van der Waals surface area contributed by atoms with Crippen LogP contribution in [0.4, 0.5) is 0 Å². The van der Waals surface area contributed by atoms with E-state index in [1.54, 1.807) is 11.8 Å². The number of nitriles is 1. The first-order valence-electron chi connectivity index (χ1n) is 5.51. The summed E-state index contributed by atoms with van der Waals surface area (Å²) < 4.78 is 0.864. The van der Waals surface area contributed by atoms with Crippen LogP contribution in [0.25, 0.3) is 0 Å². The van der Waals surface area contributed by atoms with Crippen LogP contribution in [0.1, 0.15) is 16.7 Å². The highest BCUT2D eigenvalue weighted by atomic mass is 32.2. The molecule has 0 saturated carbocycles. The molecule has 0 amide bonds. The quantitative estimate of drug-likeness (QED) is 0.781. The molecule has 3 heteroatoms. The van der Waals surface area contributed by atoms with Crippen LogP contribution in [-0.4, -0.2) is 4.20 Å². The standard InChI is InChI=1S/C15H11NS2/c16-10-13-8-4-5-9-14(13)11-18-15(17)12-6-2-1-3-7-12/h1-9H,11H2. The van der Waals surface area contributed by atoms with Gasteiger partial charge in [-0.15, -0.1) is 11.8 Å². The molecule has 2 aromatic carbocycles. The third kappa shape index (κ3) is 3.19. The first-order valence-corrected chi connectivity index (χ1v) is 6.91. The number of thioether (sulfide) groups is 1. The van der Waals surface area contributed by atoms with E-state index in [0.717, 1.165) is 26.6 Å². The second-order valence-electron chi connectivity index (χ2n) is 3.71. The van der Waals surface area contributed by atoms with Gasteiger partial charge in [0.25, 0.3) is 0 Å². The van der Waals surface area contributed by atoms with E-state index < -0.39 is 0 Å². The molecule has 2 rings (SSSR count). The van der Waals surface area contributed by atoms with Gasteiger partial charge in [0.05, 0.1) is 15.8 Å². The highest BCUT2D eigenvalue weighted by molar-refractivity contribution is 8.23. The minimum absolute atomic E-state index is 0.723. The fourth-order valence-electron chi connectivity index (χ4n) is 1.56. The van der Waals surface area contributed by atoms with Gasteiger partial charge in [0.1, 0.15) is 0 Å². The molecule has 0 unspecified atom stereocenters. The van der Waals surface area contributed by atoms with Gasteiger partial charge >= 0.3 is 0 Å². The molecule has 0 fully saturated rings. The summed E-state index contributed by atoms with van der Waals surface area (Å²) in [5, 5.41) is 9.01. The summed E-state index contributed by atoms with van der Waals surface area (Å²) in [7, 11) is 0. The number of benzene rings is 2. The van der Waals surface area contributed by atoms with Gasteiger partial charge in [-0.2, -0.15) is 5.26 Å². The highest BCUT2D eigenvalue weighted by Crippen LogP contribution is 2.21. The largest absolute Gasteiger partial charge is 0.192 e. The zero-order valence-electron chi connectivity index (χ0n) is 9.67. The lowest BCUT2D eigenvalue weighted by molar-refractivity contribution is 1.36. The van der Waals surface area contributed by atoms with Gasteiger partial charge in [0.15, 0.2) is 0 Å². The summed E-state index contributed by atoms with van der Waals surface area (Å²) in [6.07, 6.45) is 0. The van der Waals surface area contributed by atoms with Crippen molar-refractivity contribution in [3.05, 3.63) is 71.3 Å². The van der Waals surface area contributed by atoms with Crippen molar-refractivity contribution in [1.82, 2.24) is 0 Å². The molecule has 0 N–H and O–H groups in total. The maximum atomic E-state index is 9.01. The predicted octanol–water partition coefficient (Wildman–Crippen LogP) is 4.17. The van der Waals surface area contributed by atoms with Crippen molar-refractivity contribution < 1.29 is 0 Å². The van der Waals surface area contributed by atoms with Crippen LogP contribution in [0.15, 0.2) is 54.6 Å². The summed E-state index contributed by atoms with van der Waals surface area (Å²) in [6.45, 7) is 0. The predicted molar refractivity (Wildman–Crippen MR) is 80.6 cm³/mol. The molecule has 0 aliphatic heterocycles. The van der Waals surface area contributed by atoms with Gasteiger partial charge in [-0.1, -0.05) is 60.7 Å². The van der Waals surface area contributed by atoms with E-state index in [4.69, 9.17) is 17.5 Å². The van der Waals surface area contributed by atoms with Crippen LogP contribution >= 0.6 is 24.0 Å². The second-order valence-corrected chi connectivity index (χ2v) is 5.36. The maximum absolute atomic E-state index is 9.01. The Morgan fingerprint density at radius 1 is 1.06 bits per heavy atom. The molecule has 1 nitrogen and oxygen atoms in total. The molecule has 0 atom stereocenters. The maximum Gasteiger partial charge on any atom is 0.0994 e. The van der Waals surface area contributed by atoms with Crippen LogP contribution < -0.4 is 0 Å². The lowest BCUT2D eigenvalue weighted by Gasteiger charge is -2.05. The van der Waals surface area contributed by atoms with Crippen LogP contribution in [0.5, 0.6) is 0 Å². The summed E-state index contributed by atoms with van der Waals surface area (Å²) >= 11 is 6.97. The molecule has 2 aromatic rings. The first-order chi connectivity index (χ1) is 8.81. The van der Waals surface area contributed by atoms with Crippen molar-refractivity contribution in [3.8, 4) is 6.07 Å². The Kier molecular flexibility index (Phi) is 4.52. The Labute approximate surface area is 116 Å². The summed E-state index contributed by atoms with van der Waals surface area (Å²) in [5.41, 5.74) is 2.82. The molecule has 0 saturated heterocycles. The zero-order valence-corrected chi connectivity index (χ0v) is 11.3. The minimum atomic E-state index is 0.723. The zero-order chi connectivity index (χ0) is 12.8. The monoisotopic (exact) mass is 269 g/mol. The Balaban J connectivity index is 2.05. The van der Waals surface area contributed by atoms with E-state index in [-0.39, 0.29) is 0 Å². The van der Waals surface area contributed by atoms with Gasteiger partial charge in [-0.05, 0) is 17.2 Å². The average Bonchev–Trinajstić information content (AvgIpc) is 2.46. The summed E-state index contributed by atoms with van der Waals surface area (Å²) in [5.74, 6) is 0.734. The first kappa shape index (κ1) is 12.8. The van der Waals surface area contributed by atoms with Gasteiger partial charge in [0, 0.05) is 5.75 Å². The Hall–Kier alpha value is -1.63. The van der Waals surface area contributed by atoms with Crippen molar-refractivity contribution in [2.24, 2.45) is 0 Å². The highest BCUT2D eigenvalue weighted by Gasteiger charge is 2.05. The number of hydrogen-bond donors (Lipinski definition) is 0. The molecule has 0 aliphatic carbocycles. The fourth-order valence-corrected chi connectivity index (χ4v) is 2.71. The third-order valence-corrected chi connectivity index (χ3v) is 4.05. The van der Waals surface area contributed by atoms with Crippen molar-refractivity contribution >= 4 is 28.2 Å². The fraction of sp³-hybridized carbons (Fsp3) is 0.0667. The van der Waals surface area contributed by atoms with Crippen LogP contribution in [-0.2, 0) is 5.75 Å². The van der Waals surface area contributed by atoms with E-state index in [0.29, 0.717) is 0 Å². The average molecular weight is 269 g/mol. The smallest absolute Gasteiger partial charge is 0.0994 e. The van der Waals surface area contributed by atoms with E-state index in [2.05, 4.69) is 6.07 Å². The van der Waals surface area contributed by atoms with E-state index in [1.165, 1.54) is 0 Å². The Morgan fingerprint density at radius 2 is 1.72 bits per heavy atom. The summed E-state index contributed by atoms with van der Waals surface area (Å²) in [4.78, 5) is 0. The molecule has 18 heavy (non-hydrogen) atoms. The number of thiocarbonyl (C=S) groups is 1. The van der Waals surface area contributed by atoms with E-state index in [9.17, 15) is 0 Å². The van der Waals surface area contributed by atoms with Gasteiger partial charge in [0.2, 0.25) is 0 Å². The molecule has 0 aromatic heterocycles. The molecule has 0 heterocycles. The van der Waals surface area contributed by atoms with Crippen molar-refractivity contribution in [2.75, 3.05) is 0 Å². The normalized spacial score (nSPS) is 9.72. The van der Waals surface area contributed by atoms with Crippen LogP contribution in [0, 0.1) is 11.3 Å². The third-order valence-electron chi connectivity index (χ3n) is 2.51. The molecule has 0 spiro atoms. The topological polar surface area (TPSA) is 23.8 Å². The van der Waals surface area contributed by atoms with Crippen LogP contribution in [0.3, 0.4) is 0 Å². The minimum Gasteiger partial charge on any atom is -0.192 e. The Morgan fingerprint density at radius 3 is 2.44 bits per heavy atom. The number of hydrogen-bond acceptors (Lipinski definition) is 3.